The van der Waals surface area contributed by atoms with Crippen LogP contribution in [0.15, 0.2) is 133 Å². The minimum absolute atomic E-state index is 0.00393. The Morgan fingerprint density at radius 2 is 1.04 bits per heavy atom. The van der Waals surface area contributed by atoms with Gasteiger partial charge < -0.3 is 38.8 Å². The van der Waals surface area contributed by atoms with Crippen LogP contribution in [0.1, 0.15) is 228 Å². The number of esters is 2. The Morgan fingerprint density at radius 3 is 1.52 bits per heavy atom. The summed E-state index contributed by atoms with van der Waals surface area (Å²) in [5.74, 6) is -0.268. The number of rotatable bonds is 23. The zero-order chi connectivity index (χ0) is 79.8. The first-order valence-corrected chi connectivity index (χ1v) is 45.0. The molecule has 0 aromatic heterocycles. The van der Waals surface area contributed by atoms with Crippen molar-refractivity contribution < 1.29 is 53.1 Å². The predicted octanol–water partition coefficient (Wildman–Crippen LogP) is 21.9. The zero-order valence-corrected chi connectivity index (χ0v) is 71.3. The van der Waals surface area contributed by atoms with E-state index in [2.05, 4.69) is 175 Å². The van der Waals surface area contributed by atoms with Gasteiger partial charge in [-0.05, 0) is 152 Å². The first-order valence-electron chi connectivity index (χ1n) is 39.9. The molecule has 19 heteroatoms. The van der Waals surface area contributed by atoms with Crippen molar-refractivity contribution in [1.29, 1.82) is 0 Å². The molecule has 21 atom stereocenters. The molecule has 0 spiro atoms. The van der Waals surface area contributed by atoms with Crippen LogP contribution in [0.4, 0.5) is 0 Å². The molecule has 0 unspecified atom stereocenters. The van der Waals surface area contributed by atoms with E-state index in [0.717, 1.165) is 51.4 Å². The molecule has 0 aromatic carbocycles. The average Bonchev–Trinajstić information content (AvgIpc) is 0.815. The van der Waals surface area contributed by atoms with Gasteiger partial charge in [0.25, 0.3) is 0 Å². The highest BCUT2D eigenvalue weighted by molar-refractivity contribution is 6.77. The lowest BCUT2D eigenvalue weighted by Gasteiger charge is -2.47. The summed E-state index contributed by atoms with van der Waals surface area (Å²) in [7, 11) is -4.59. The number of aliphatic hydroxyl groups excluding tert-OH is 4. The molecule has 17 nitrogen and oxygen atoms in total. The molecular weight excluding hydrogens is 1350 g/mol. The maximum atomic E-state index is 13.9. The van der Waals surface area contributed by atoms with Gasteiger partial charge in [-0.2, -0.15) is 0 Å². The number of hydrogen-bond acceptors (Lipinski definition) is 13. The van der Waals surface area contributed by atoms with E-state index in [0.29, 0.717) is 73.2 Å². The van der Waals surface area contributed by atoms with Crippen LogP contribution < -0.4 is 0 Å². The number of hydrogen-bond donors (Lipinski definition) is 4. The largest absolute Gasteiger partial charge is 0.458 e. The number of allylic oxidation sites excluding steroid dienone is 10. The van der Waals surface area contributed by atoms with Crippen molar-refractivity contribution in [3.63, 3.8) is 0 Å². The van der Waals surface area contributed by atoms with Crippen molar-refractivity contribution in [2.24, 2.45) is 87.2 Å². The van der Waals surface area contributed by atoms with Gasteiger partial charge in [0.05, 0.1) is 36.6 Å². The lowest BCUT2D eigenvalue weighted by Crippen LogP contribution is -2.53. The second-order valence-electron chi connectivity index (χ2n) is 33.8. The van der Waals surface area contributed by atoms with Gasteiger partial charge >= 0.3 is 11.9 Å². The molecule has 0 saturated carbocycles. The van der Waals surface area contributed by atoms with Gasteiger partial charge in [0, 0.05) is 89.3 Å². The van der Waals surface area contributed by atoms with Gasteiger partial charge in [0.15, 0.2) is 14.1 Å². The summed E-state index contributed by atoms with van der Waals surface area (Å²) in [6, 6.07) is 0. The second-order valence-corrected chi connectivity index (χ2v) is 44.0. The van der Waals surface area contributed by atoms with Crippen LogP contribution in [0.3, 0.4) is 0 Å². The number of azide groups is 2. The summed E-state index contributed by atoms with van der Waals surface area (Å²) >= 11 is 0. The molecule has 0 aromatic rings. The Morgan fingerprint density at radius 1 is 0.562 bits per heavy atom. The topological polar surface area (TPSA) is 267 Å². The van der Waals surface area contributed by atoms with E-state index in [1.165, 1.54) is 12.2 Å². The molecule has 2 aliphatic heterocycles. The monoisotopic (exact) mass is 1500 g/mol. The van der Waals surface area contributed by atoms with Crippen molar-refractivity contribution >= 4 is 34.4 Å². The SMILES string of the molecule is C=C/C=C\[C@H](C)[C@@H]1OC(=O)/C=C\C=C\[C@@H](CCCCN=[N+]=[N-])[C@@H](O)C[C@H](O)/C=C\[C@H](C)[C@H](O)[C@@H](C)C[C@@H](C)CC[C@@H](O)[C@@H]1C.C=C/C=C\[C@H](C)[C@@H]1OC(=O)/C=C\C=C\[C@@H](CCCCN=[N+]=[N-])[C@@H](O[Si](C)(C)C(C)(C)C)CC(=O)/C=C\[C@H](C)[C@H](C)[C@@H](C)C[C@@H](C)CC[C@@H](O[Si](C(C)C)(C(C)C)C(C)C)[C@@H]1C. The van der Waals surface area contributed by atoms with E-state index in [4.69, 9.17) is 29.4 Å². The molecule has 0 bridgehead atoms. The smallest absolute Gasteiger partial charge is 0.331 e. The average molecular weight is 1500 g/mol. The normalized spacial score (nSPS) is 32.5. The Balaban J connectivity index is 0.00000111. The summed E-state index contributed by atoms with van der Waals surface area (Å²) < 4.78 is 27.1. The standard InChI is InChI=1S/C51H91N3O5Si2.C35H57N3O6/c1-19-20-25-41(10)50-44(13)47(59-61(36(2)3,37(4)5)38(6)7)32-29-39(8)34-42(11)43(12)40(9)30-31-46(55)35-48(58-60(17,18)51(14,15)16)45(27-23-24-33-53-54-52)26-21-22-28-49(56)57-50;1-7-8-13-26(4)35-28(6)31(40)20-17-24(2)22-27(5)34(43)25(3)18-19-30(39)23-32(41)29(15-11-12-21-37-38-36)14-9-10-16-33(42)44-35/h19-22,25-26,28,30-31,36-45,47-48,50H,1,23-24,27,29,32-35H2,2-18H3;7-10,13-14,16,18-19,24-32,34-35,39-41,43H,1,11-12,15,17,20-23H2,2-6H3/b25-20-,26-21+,28-22-,31-30-;13-8-,14-9+,16-10-,19-18-/t39-,40-,41-,42-,43-,44-,45-,47+,48-,50-;24-,25-,26-,27-,28-,29-,30+,31+,32-,34-,35-/m00/s1. The molecule has 105 heavy (non-hydrogen) atoms. The van der Waals surface area contributed by atoms with Crippen LogP contribution in [0, 0.1) is 76.9 Å². The predicted molar refractivity (Wildman–Crippen MR) is 441 cm³/mol. The van der Waals surface area contributed by atoms with Crippen LogP contribution in [0.5, 0.6) is 0 Å². The Kier molecular flexibility index (Phi) is 47.8. The maximum Gasteiger partial charge on any atom is 0.331 e. The van der Waals surface area contributed by atoms with Crippen LogP contribution >= 0.6 is 0 Å². The summed E-state index contributed by atoms with van der Waals surface area (Å²) in [5.41, 5.74) is 18.6. The van der Waals surface area contributed by atoms with Crippen LogP contribution in [0.2, 0.25) is 34.8 Å². The molecule has 2 rings (SSSR count). The second kappa shape index (κ2) is 51.3. The van der Waals surface area contributed by atoms with Gasteiger partial charge in [-0.15, -0.1) is 0 Å². The highest BCUT2D eigenvalue weighted by atomic mass is 28.4. The van der Waals surface area contributed by atoms with E-state index >= 15 is 0 Å². The minimum atomic E-state index is -2.30. The highest BCUT2D eigenvalue weighted by Gasteiger charge is 2.49. The number of cyclic esters (lactones) is 2. The molecule has 0 amide bonds. The van der Waals surface area contributed by atoms with Gasteiger partial charge in [0.1, 0.15) is 12.2 Å². The Bertz CT molecular complexity index is 2860. The molecule has 2 aliphatic rings. The third kappa shape index (κ3) is 36.3. The molecule has 0 aliphatic carbocycles. The van der Waals surface area contributed by atoms with E-state index in [-0.39, 0.29) is 95.1 Å². The summed E-state index contributed by atoms with van der Waals surface area (Å²) in [5, 5.41) is 51.0. The molecule has 0 radical (unpaired) electrons. The molecule has 2 heterocycles. The van der Waals surface area contributed by atoms with E-state index < -0.39 is 65.2 Å². The number of ether oxygens (including phenoxy) is 2. The zero-order valence-electron chi connectivity index (χ0n) is 69.3. The summed E-state index contributed by atoms with van der Waals surface area (Å²) in [6.45, 7) is 57.1. The number of aliphatic hydroxyl groups is 4. The van der Waals surface area contributed by atoms with Crippen LogP contribution in [-0.2, 0) is 32.7 Å². The third-order valence-electron chi connectivity index (χ3n) is 23.2. The highest BCUT2D eigenvalue weighted by Crippen LogP contribution is 2.46. The quantitative estimate of drug-likeness (QED) is 0.0109. The van der Waals surface area contributed by atoms with E-state index in [1.807, 2.05) is 52.0 Å². The van der Waals surface area contributed by atoms with Crippen molar-refractivity contribution in [1.82, 2.24) is 0 Å². The number of nitrogens with zero attached hydrogens (tertiary/aromatic N) is 6. The molecule has 0 saturated heterocycles. The number of carbonyl (C=O) groups excluding carboxylic acids is 3. The van der Waals surface area contributed by atoms with E-state index in [1.54, 1.807) is 54.7 Å². The van der Waals surface area contributed by atoms with Crippen LogP contribution in [0.25, 0.3) is 20.9 Å². The van der Waals surface area contributed by atoms with Gasteiger partial charge in [-0.1, -0.05) is 266 Å². The maximum absolute atomic E-state index is 13.9. The molecule has 596 valence electrons. The van der Waals surface area contributed by atoms with Gasteiger partial charge in [-0.25, -0.2) is 9.59 Å². The fourth-order valence-electron chi connectivity index (χ4n) is 15.2. The summed E-state index contributed by atoms with van der Waals surface area (Å²) in [6.07, 6.45) is 37.4. The fraction of sp³-hybridized carbons (Fsp3) is 0.733. The van der Waals surface area contributed by atoms with Crippen molar-refractivity contribution in [3.8, 4) is 0 Å². The van der Waals surface area contributed by atoms with Crippen molar-refractivity contribution in [2.45, 2.75) is 312 Å². The summed E-state index contributed by atoms with van der Waals surface area (Å²) in [4.78, 5) is 46.3. The number of ketones is 1. The Labute approximate surface area is 639 Å². The first kappa shape index (κ1) is 97.8. The fourth-order valence-corrected chi connectivity index (χ4v) is 22.3. The molecule has 0 fully saturated rings. The first-order chi connectivity index (χ1) is 49.3. The lowest BCUT2D eigenvalue weighted by atomic mass is 9.78. The molecular formula is C86H148N6O11Si2. The van der Waals surface area contributed by atoms with Crippen molar-refractivity contribution in [2.75, 3.05) is 13.1 Å². The van der Waals surface area contributed by atoms with Crippen molar-refractivity contribution in [3.05, 3.63) is 143 Å². The third-order valence-corrected chi connectivity index (χ3v) is 33.8. The number of unbranched alkanes of at least 4 members (excludes halogenated alkanes) is 2. The van der Waals surface area contributed by atoms with Gasteiger partial charge in [0.2, 0.25) is 8.32 Å². The van der Waals surface area contributed by atoms with E-state index in [9.17, 15) is 34.8 Å². The Hall–Kier alpha value is -5.18. The number of carbonyl (C=O) groups is 3. The van der Waals surface area contributed by atoms with Crippen LogP contribution in [-0.4, -0.2) is 117 Å². The molecule has 4 N–H and O–H groups in total. The minimum Gasteiger partial charge on any atom is -0.458 e. The van der Waals surface area contributed by atoms with Gasteiger partial charge in [-0.3, -0.25) is 4.79 Å². The lowest BCUT2D eigenvalue weighted by molar-refractivity contribution is -0.151.